The van der Waals surface area contributed by atoms with Gasteiger partial charge in [-0.3, -0.25) is 14.5 Å². The number of hydrogen-bond donors (Lipinski definition) is 0. The molecule has 124 valence electrons. The first-order valence-corrected chi connectivity index (χ1v) is 7.79. The molecule has 2 rings (SSSR count). The Bertz CT molecular complexity index is 756. The number of hydrogen-bond acceptors (Lipinski definition) is 8. The van der Waals surface area contributed by atoms with Gasteiger partial charge in [-0.05, 0) is 11.6 Å². The molecule has 0 radical (unpaired) electrons. The van der Waals surface area contributed by atoms with Crippen molar-refractivity contribution in [1.29, 1.82) is 0 Å². The first-order chi connectivity index (χ1) is 11.3. The van der Waals surface area contributed by atoms with E-state index in [4.69, 9.17) is 12.2 Å². The van der Waals surface area contributed by atoms with E-state index in [9.17, 15) is 29.4 Å². The maximum atomic E-state index is 12.4. The molecule has 0 aromatic heterocycles. The minimum atomic E-state index is -1.73. The number of thioether (sulfide) groups is 1. The molecule has 24 heavy (non-hydrogen) atoms. The molecule has 1 aromatic rings. The van der Waals surface area contributed by atoms with Gasteiger partial charge in [0, 0.05) is 18.0 Å². The Morgan fingerprint density at radius 3 is 2.29 bits per heavy atom. The fourth-order valence-corrected chi connectivity index (χ4v) is 3.37. The minimum Gasteiger partial charge on any atom is -0.550 e. The lowest BCUT2D eigenvalue weighted by Crippen LogP contribution is -2.52. The molecule has 1 amide bonds. The van der Waals surface area contributed by atoms with Gasteiger partial charge in [0.05, 0.1) is 16.9 Å². The smallest absolute Gasteiger partial charge is 0.266 e. The average molecular weight is 363 g/mol. The van der Waals surface area contributed by atoms with Crippen LogP contribution in [-0.2, 0) is 14.4 Å². The van der Waals surface area contributed by atoms with E-state index in [1.807, 2.05) is 0 Å². The Morgan fingerprint density at radius 1 is 1.21 bits per heavy atom. The minimum absolute atomic E-state index is 0.0776. The van der Waals surface area contributed by atoms with Gasteiger partial charge in [-0.25, -0.2) is 0 Å². The lowest BCUT2D eigenvalue weighted by atomic mass is 10.1. The third-order valence-electron chi connectivity index (χ3n) is 3.14. The molecule has 0 saturated carbocycles. The number of carboxylic acids is 2. The zero-order valence-corrected chi connectivity index (χ0v) is 13.6. The first kappa shape index (κ1) is 17.8. The predicted molar refractivity (Wildman–Crippen MR) is 85.3 cm³/mol. The van der Waals surface area contributed by atoms with Crippen LogP contribution in [0.1, 0.15) is 22.3 Å². The highest BCUT2D eigenvalue weighted by atomic mass is 32.2. The van der Waals surface area contributed by atoms with E-state index < -0.39 is 30.3 Å². The standard InChI is InChI=1S/C15H11NO6S2/c17-7-9-3-1-8(2-4-9)5-11-13(20)16(15(23)24-11)10(14(21)22)6-12(18)19/h1-5,7,10H,6H2,(H,18,19)(H,21,22)/p-2/b11-5-/t10-/m0/s1. The van der Waals surface area contributed by atoms with E-state index in [-0.39, 0.29) is 9.23 Å². The van der Waals surface area contributed by atoms with Crippen molar-refractivity contribution >= 4 is 58.5 Å². The molecule has 1 heterocycles. The first-order valence-electron chi connectivity index (χ1n) is 6.56. The highest BCUT2D eigenvalue weighted by Gasteiger charge is 2.37. The van der Waals surface area contributed by atoms with Crippen LogP contribution >= 0.6 is 24.0 Å². The van der Waals surface area contributed by atoms with Gasteiger partial charge in [0.25, 0.3) is 5.91 Å². The molecule has 0 unspecified atom stereocenters. The summed E-state index contributed by atoms with van der Waals surface area (Å²) in [7, 11) is 0. The maximum Gasteiger partial charge on any atom is 0.266 e. The van der Waals surface area contributed by atoms with E-state index >= 15 is 0 Å². The van der Waals surface area contributed by atoms with Crippen LogP contribution in [0.15, 0.2) is 29.2 Å². The van der Waals surface area contributed by atoms with Crippen molar-refractivity contribution in [2.75, 3.05) is 0 Å². The Morgan fingerprint density at radius 2 is 1.79 bits per heavy atom. The van der Waals surface area contributed by atoms with Gasteiger partial charge in [0.2, 0.25) is 0 Å². The fraction of sp³-hybridized carbons (Fsp3) is 0.133. The summed E-state index contributed by atoms with van der Waals surface area (Å²) < 4.78 is -0.0776. The number of amides is 1. The van der Waals surface area contributed by atoms with Gasteiger partial charge in [-0.2, -0.15) is 0 Å². The molecule has 0 aliphatic carbocycles. The van der Waals surface area contributed by atoms with Gasteiger partial charge in [-0.1, -0.05) is 48.2 Å². The van der Waals surface area contributed by atoms with Crippen LogP contribution in [-0.4, -0.2) is 39.4 Å². The van der Waals surface area contributed by atoms with E-state index in [0.717, 1.165) is 11.8 Å². The van der Waals surface area contributed by atoms with Crippen LogP contribution in [0.5, 0.6) is 0 Å². The zero-order chi connectivity index (χ0) is 17.9. The molecule has 1 aromatic carbocycles. The molecule has 1 aliphatic heterocycles. The molecule has 9 heteroatoms. The molecule has 1 saturated heterocycles. The van der Waals surface area contributed by atoms with Gasteiger partial charge >= 0.3 is 0 Å². The normalized spacial score (nSPS) is 17.2. The van der Waals surface area contributed by atoms with E-state index in [2.05, 4.69) is 0 Å². The molecule has 1 fully saturated rings. The van der Waals surface area contributed by atoms with Crippen LogP contribution in [0.3, 0.4) is 0 Å². The van der Waals surface area contributed by atoms with Crippen LogP contribution < -0.4 is 10.2 Å². The Balaban J connectivity index is 2.29. The van der Waals surface area contributed by atoms with Gasteiger partial charge in [0.1, 0.15) is 10.6 Å². The number of aliphatic carboxylic acids is 2. The van der Waals surface area contributed by atoms with Crippen LogP contribution in [0.2, 0.25) is 0 Å². The second-order valence-corrected chi connectivity index (χ2v) is 6.42. The van der Waals surface area contributed by atoms with Crippen molar-refractivity contribution in [2.24, 2.45) is 0 Å². The molecular formula is C15H9NO6S2-2. The second-order valence-electron chi connectivity index (χ2n) is 4.75. The average Bonchev–Trinajstić information content (AvgIpc) is 2.79. The number of benzene rings is 1. The van der Waals surface area contributed by atoms with Gasteiger partial charge < -0.3 is 19.8 Å². The maximum absolute atomic E-state index is 12.4. The third-order valence-corrected chi connectivity index (χ3v) is 4.47. The van der Waals surface area contributed by atoms with Crippen molar-refractivity contribution in [3.8, 4) is 0 Å². The monoisotopic (exact) mass is 363 g/mol. The summed E-state index contributed by atoms with van der Waals surface area (Å²) >= 11 is 5.83. The molecule has 0 spiro atoms. The van der Waals surface area contributed by atoms with Crippen LogP contribution in [0, 0.1) is 0 Å². The van der Waals surface area contributed by atoms with Gasteiger partial charge in [0.15, 0.2) is 0 Å². The van der Waals surface area contributed by atoms with E-state index in [1.165, 1.54) is 6.08 Å². The van der Waals surface area contributed by atoms with Crippen molar-refractivity contribution in [2.45, 2.75) is 12.5 Å². The summed E-state index contributed by atoms with van der Waals surface area (Å²) in [6.07, 6.45) is 1.23. The number of carbonyl (C=O) groups is 4. The molecular weight excluding hydrogens is 354 g/mol. The Labute approximate surface area is 145 Å². The summed E-state index contributed by atoms with van der Waals surface area (Å²) in [6, 6.07) is 4.59. The quantitative estimate of drug-likeness (QED) is 0.357. The number of nitrogens with zero attached hydrogens (tertiary/aromatic N) is 1. The van der Waals surface area contributed by atoms with Crippen LogP contribution in [0.25, 0.3) is 6.08 Å². The number of carboxylic acid groups (broad SMARTS) is 2. The summed E-state index contributed by atoms with van der Waals surface area (Å²) in [6.45, 7) is 0. The summed E-state index contributed by atoms with van der Waals surface area (Å²) in [5, 5.41) is 21.8. The van der Waals surface area contributed by atoms with Gasteiger partial charge in [-0.15, -0.1) is 0 Å². The highest BCUT2D eigenvalue weighted by Crippen LogP contribution is 2.34. The van der Waals surface area contributed by atoms with Crippen molar-refractivity contribution in [3.63, 3.8) is 0 Å². The Hall–Kier alpha value is -2.52. The number of rotatable bonds is 6. The number of carbonyl (C=O) groups excluding carboxylic acids is 4. The molecule has 1 aliphatic rings. The second kappa shape index (κ2) is 7.37. The van der Waals surface area contributed by atoms with E-state index in [0.29, 0.717) is 22.3 Å². The fourth-order valence-electron chi connectivity index (χ4n) is 2.01. The number of thiocarbonyl (C=S) groups is 1. The summed E-state index contributed by atoms with van der Waals surface area (Å²) in [5.74, 6) is -4.08. The third kappa shape index (κ3) is 3.87. The van der Waals surface area contributed by atoms with E-state index in [1.54, 1.807) is 24.3 Å². The van der Waals surface area contributed by atoms with Crippen molar-refractivity contribution in [3.05, 3.63) is 40.3 Å². The number of aldehydes is 1. The topological polar surface area (TPSA) is 118 Å². The van der Waals surface area contributed by atoms with Crippen molar-refractivity contribution in [1.82, 2.24) is 4.90 Å². The zero-order valence-electron chi connectivity index (χ0n) is 12.0. The summed E-state index contributed by atoms with van der Waals surface area (Å²) in [5.41, 5.74) is 1.07. The largest absolute Gasteiger partial charge is 0.550 e. The Kier molecular flexibility index (Phi) is 5.47. The lowest BCUT2D eigenvalue weighted by Gasteiger charge is -2.27. The molecule has 1 atom stereocenters. The highest BCUT2D eigenvalue weighted by molar-refractivity contribution is 8.26. The van der Waals surface area contributed by atoms with Crippen LogP contribution in [0.4, 0.5) is 0 Å². The molecule has 0 N–H and O–H groups in total. The molecule has 0 bridgehead atoms. The molecule has 7 nitrogen and oxygen atoms in total. The van der Waals surface area contributed by atoms with Crippen molar-refractivity contribution < 1.29 is 29.4 Å². The SMILES string of the molecule is O=Cc1ccc(/C=C2\SC(=S)N([C@@H](CC(=O)[O-])C(=O)[O-])C2=O)cc1. The summed E-state index contributed by atoms with van der Waals surface area (Å²) in [4.78, 5) is 45.6. The predicted octanol–water partition coefficient (Wildman–Crippen LogP) is -1.04. The lowest BCUT2D eigenvalue weighted by molar-refractivity contribution is -0.319.